The zero-order valence-corrected chi connectivity index (χ0v) is 27.9. The number of carbonyl (C=O) groups is 2. The number of ether oxygens (including phenoxy) is 2. The molecule has 4 aromatic rings. The van der Waals surface area contributed by atoms with E-state index in [-0.39, 0.29) is 18.1 Å². The topological polar surface area (TPSA) is 98.0 Å². The van der Waals surface area contributed by atoms with Crippen LogP contribution in [-0.4, -0.2) is 58.3 Å². The fraction of sp³-hybridized carbons (Fsp3) is 0.395. The van der Waals surface area contributed by atoms with Gasteiger partial charge in [-0.25, -0.2) is 4.39 Å². The van der Waals surface area contributed by atoms with Crippen molar-refractivity contribution in [3.8, 4) is 11.1 Å². The van der Waals surface area contributed by atoms with E-state index in [4.69, 9.17) is 9.47 Å². The van der Waals surface area contributed by atoms with E-state index >= 15 is 4.39 Å². The van der Waals surface area contributed by atoms with E-state index in [0.29, 0.717) is 52.9 Å². The minimum atomic E-state index is -0.537. The highest BCUT2D eigenvalue weighted by Gasteiger charge is 2.33. The van der Waals surface area contributed by atoms with Crippen molar-refractivity contribution in [3.63, 3.8) is 0 Å². The molecule has 1 N–H and O–H groups in total. The van der Waals surface area contributed by atoms with Crippen LogP contribution in [0.2, 0.25) is 0 Å². The molecule has 0 bridgehead atoms. The number of carbonyl (C=O) groups excluding carboxylic acids is 2. The van der Waals surface area contributed by atoms with Crippen molar-refractivity contribution < 1.29 is 23.5 Å². The number of rotatable bonds is 7. The summed E-state index contributed by atoms with van der Waals surface area (Å²) in [5, 5.41) is 3.32. The van der Waals surface area contributed by atoms with Crippen molar-refractivity contribution in [1.82, 2.24) is 14.0 Å². The number of fused-ring (bicyclic) bond motifs is 4. The number of pyridine rings is 1. The minimum absolute atomic E-state index is 0.165. The van der Waals surface area contributed by atoms with Crippen molar-refractivity contribution >= 4 is 28.9 Å². The molecule has 0 radical (unpaired) electrons. The third-order valence-corrected chi connectivity index (χ3v) is 10.5. The number of anilines is 3. The van der Waals surface area contributed by atoms with E-state index in [0.717, 1.165) is 64.1 Å². The maximum absolute atomic E-state index is 15.6. The van der Waals surface area contributed by atoms with E-state index < -0.39 is 11.8 Å². The number of hydrogen-bond acceptors (Lipinski definition) is 7. The zero-order chi connectivity index (χ0) is 33.8. The smallest absolute Gasteiger partial charge is 0.302 e. The van der Waals surface area contributed by atoms with E-state index in [1.54, 1.807) is 24.2 Å². The quantitative estimate of drug-likeness (QED) is 0.275. The summed E-state index contributed by atoms with van der Waals surface area (Å²) in [4.78, 5) is 43.5. The van der Waals surface area contributed by atoms with Crippen LogP contribution in [0.5, 0.6) is 0 Å². The highest BCUT2D eigenvalue weighted by Crippen LogP contribution is 2.37. The molecule has 0 unspecified atom stereocenters. The third kappa shape index (κ3) is 5.84. The lowest BCUT2D eigenvalue weighted by atomic mass is 9.97. The zero-order valence-electron chi connectivity index (χ0n) is 27.9. The summed E-state index contributed by atoms with van der Waals surface area (Å²) in [7, 11) is 1.65. The number of amides is 1. The molecule has 3 aliphatic heterocycles. The standard InChI is InChI=1S/C38H40FN5O5/c1-23(45)49-22-32-31(16-28(39)17-35(32)44-12-11-43-34-6-4-3-5-25(34)15-36(43)38(44)47)27-14-33(37(46)41(2)18-27)40-29-8-7-26-19-42(30-20-48-21-30)10-9-24(26)13-29/h7-8,13-18,30,40H,3-6,9-12,19-22H2,1-2H3. The number of benzene rings is 2. The lowest BCUT2D eigenvalue weighted by Crippen LogP contribution is -2.50. The Morgan fingerprint density at radius 2 is 1.82 bits per heavy atom. The average molecular weight is 666 g/mol. The van der Waals surface area contributed by atoms with E-state index in [1.165, 1.54) is 46.0 Å². The Morgan fingerprint density at radius 3 is 2.61 bits per heavy atom. The van der Waals surface area contributed by atoms with Crippen molar-refractivity contribution in [2.24, 2.45) is 7.05 Å². The summed E-state index contributed by atoms with van der Waals surface area (Å²) in [6.45, 7) is 5.51. The van der Waals surface area contributed by atoms with Crippen LogP contribution in [0, 0.1) is 5.82 Å². The summed E-state index contributed by atoms with van der Waals surface area (Å²) < 4.78 is 30.1. The maximum Gasteiger partial charge on any atom is 0.302 e. The molecule has 2 aromatic carbocycles. The van der Waals surface area contributed by atoms with Gasteiger partial charge in [-0.1, -0.05) is 6.07 Å². The van der Waals surface area contributed by atoms with Crippen molar-refractivity contribution in [1.29, 1.82) is 0 Å². The Balaban J connectivity index is 1.15. The number of esters is 1. The van der Waals surface area contributed by atoms with Gasteiger partial charge in [-0.3, -0.25) is 19.3 Å². The molecule has 254 valence electrons. The van der Waals surface area contributed by atoms with E-state index in [9.17, 15) is 14.4 Å². The molecule has 1 saturated heterocycles. The molecule has 0 atom stereocenters. The maximum atomic E-state index is 15.6. The van der Waals surface area contributed by atoms with E-state index in [2.05, 4.69) is 26.9 Å². The molecule has 2 aromatic heterocycles. The Bertz CT molecular complexity index is 2050. The second kappa shape index (κ2) is 12.6. The summed E-state index contributed by atoms with van der Waals surface area (Å²) in [6, 6.07) is 13.1. The first-order valence-electron chi connectivity index (χ1n) is 17.1. The highest BCUT2D eigenvalue weighted by molar-refractivity contribution is 6.07. The van der Waals surface area contributed by atoms with Gasteiger partial charge in [-0.2, -0.15) is 0 Å². The van der Waals surface area contributed by atoms with Gasteiger partial charge < -0.3 is 28.8 Å². The first kappa shape index (κ1) is 31.5. The molecular formula is C38H40FN5O5. The highest BCUT2D eigenvalue weighted by atomic mass is 19.1. The third-order valence-electron chi connectivity index (χ3n) is 10.5. The average Bonchev–Trinajstić information content (AvgIpc) is 3.45. The Morgan fingerprint density at radius 1 is 0.980 bits per heavy atom. The van der Waals surface area contributed by atoms with Crippen LogP contribution in [0.1, 0.15) is 58.2 Å². The number of aromatic nitrogens is 2. The van der Waals surface area contributed by atoms with Crippen molar-refractivity contribution in [2.45, 2.75) is 64.8 Å². The van der Waals surface area contributed by atoms with Crippen LogP contribution in [0.3, 0.4) is 0 Å². The van der Waals surface area contributed by atoms with Gasteiger partial charge in [0.25, 0.3) is 11.5 Å². The molecule has 11 heteroatoms. The second-order valence-electron chi connectivity index (χ2n) is 13.6. The summed E-state index contributed by atoms with van der Waals surface area (Å²) in [6.07, 6.45) is 6.67. The monoisotopic (exact) mass is 665 g/mol. The number of nitrogens with one attached hydrogen (secondary N) is 1. The van der Waals surface area contributed by atoms with Crippen LogP contribution in [0.15, 0.2) is 53.5 Å². The van der Waals surface area contributed by atoms with Crippen molar-refractivity contribution in [2.75, 3.05) is 36.5 Å². The predicted molar refractivity (Wildman–Crippen MR) is 184 cm³/mol. The second-order valence-corrected chi connectivity index (χ2v) is 13.6. The predicted octanol–water partition coefficient (Wildman–Crippen LogP) is 5.10. The lowest BCUT2D eigenvalue weighted by molar-refractivity contribution is -0.142. The van der Waals surface area contributed by atoms with Gasteiger partial charge in [-0.15, -0.1) is 0 Å². The van der Waals surface area contributed by atoms with Gasteiger partial charge >= 0.3 is 5.97 Å². The summed E-state index contributed by atoms with van der Waals surface area (Å²) >= 11 is 0. The molecule has 1 fully saturated rings. The number of hydrogen-bond donors (Lipinski definition) is 1. The molecule has 4 aliphatic rings. The Hall–Kier alpha value is -4.74. The van der Waals surface area contributed by atoms with Gasteiger partial charge in [0.15, 0.2) is 0 Å². The molecule has 1 amide bonds. The lowest BCUT2D eigenvalue weighted by Gasteiger charge is -2.40. The Labute approximate surface area is 284 Å². The van der Waals surface area contributed by atoms with Crippen LogP contribution < -0.4 is 15.8 Å². The molecule has 10 nitrogen and oxygen atoms in total. The van der Waals surface area contributed by atoms with Gasteiger partial charge in [0.1, 0.15) is 23.8 Å². The first-order chi connectivity index (χ1) is 23.7. The van der Waals surface area contributed by atoms with Gasteiger partial charge in [0.2, 0.25) is 0 Å². The number of aryl methyl sites for hydroxylation is 2. The minimum Gasteiger partial charge on any atom is -0.461 e. The van der Waals surface area contributed by atoms with Crippen molar-refractivity contribution in [3.05, 3.63) is 98.5 Å². The molecule has 0 saturated carbocycles. The fourth-order valence-corrected chi connectivity index (χ4v) is 7.82. The van der Waals surface area contributed by atoms with Crippen LogP contribution in [-0.2, 0) is 60.3 Å². The molecule has 5 heterocycles. The van der Waals surface area contributed by atoms with Crippen LogP contribution in [0.4, 0.5) is 21.5 Å². The number of nitrogens with zero attached hydrogens (tertiary/aromatic N) is 4. The van der Waals surface area contributed by atoms with Gasteiger partial charge in [0.05, 0.1) is 24.9 Å². The van der Waals surface area contributed by atoms with Crippen LogP contribution >= 0.6 is 0 Å². The van der Waals surface area contributed by atoms with E-state index in [1.807, 2.05) is 12.1 Å². The fourth-order valence-electron chi connectivity index (χ4n) is 7.82. The first-order valence-corrected chi connectivity index (χ1v) is 17.1. The SMILES string of the molecule is CC(=O)OCc1c(-c2cc(Nc3ccc4c(c3)CCN(C3COC3)C4)c(=O)n(C)c2)cc(F)cc1N1CCn2c(cc3c2CCCC3)C1=O. The Kier molecular flexibility index (Phi) is 8.12. The molecule has 8 rings (SSSR count). The molecular weight excluding hydrogens is 625 g/mol. The molecule has 49 heavy (non-hydrogen) atoms. The summed E-state index contributed by atoms with van der Waals surface area (Å²) in [5.41, 5.74) is 8.26. The normalized spacial score (nSPS) is 17.6. The van der Waals surface area contributed by atoms with Gasteiger partial charge in [-0.05, 0) is 90.8 Å². The van der Waals surface area contributed by atoms with Crippen LogP contribution in [0.25, 0.3) is 11.1 Å². The molecule has 1 aliphatic carbocycles. The van der Waals surface area contributed by atoms with Gasteiger partial charge in [0, 0.05) is 68.9 Å². The summed E-state index contributed by atoms with van der Waals surface area (Å²) in [5.74, 6) is -1.24. The number of halogens is 1. The molecule has 0 spiro atoms. The largest absolute Gasteiger partial charge is 0.461 e.